The van der Waals surface area contributed by atoms with Gasteiger partial charge in [0, 0.05) is 22.1 Å². The molecule has 0 fully saturated rings. The van der Waals surface area contributed by atoms with Gasteiger partial charge >= 0.3 is 0 Å². The van der Waals surface area contributed by atoms with E-state index in [9.17, 15) is 0 Å². The van der Waals surface area contributed by atoms with Crippen molar-refractivity contribution in [3.8, 4) is 0 Å². The lowest BCUT2D eigenvalue weighted by Crippen LogP contribution is -2.32. The molecule has 1 aromatic carbocycles. The minimum absolute atomic E-state index is 0.274. The quantitative estimate of drug-likeness (QED) is 0.245. The summed E-state index contributed by atoms with van der Waals surface area (Å²) in [4.78, 5) is 0. The van der Waals surface area contributed by atoms with Crippen molar-refractivity contribution in [2.45, 2.75) is 33.6 Å². The Balaban J connectivity index is 2.41. The molecule has 0 atom stereocenters. The monoisotopic (exact) mass is 327 g/mol. The number of nitrogens with one attached hydrogen (secondary N) is 1. The lowest BCUT2D eigenvalue weighted by molar-refractivity contribution is 0.305. The van der Waals surface area contributed by atoms with Gasteiger partial charge in [-0.2, -0.15) is 0 Å². The predicted molar refractivity (Wildman–Crippen MR) is 83.8 cm³/mol. The molecule has 0 bridgehead atoms. The molecule has 0 aliphatic rings. The van der Waals surface area contributed by atoms with Crippen molar-refractivity contribution in [1.82, 2.24) is 0 Å². The first kappa shape index (κ1) is 15.8. The molecule has 0 aliphatic carbocycles. The highest BCUT2D eigenvalue weighted by Gasteiger charge is 2.22. The van der Waals surface area contributed by atoms with Gasteiger partial charge in [-0.1, -0.05) is 41.0 Å². The Labute approximate surface area is 123 Å². The summed E-state index contributed by atoms with van der Waals surface area (Å²) < 4.78 is 1.11. The van der Waals surface area contributed by atoms with E-state index in [4.69, 9.17) is 10.9 Å². The summed E-state index contributed by atoms with van der Waals surface area (Å²) in [5.74, 6) is 0.283. The third kappa shape index (κ3) is 4.74. The largest absolute Gasteiger partial charge is 0.409 e. The number of nitrogens with zero attached hydrogens (tertiary/aromatic N) is 1. The number of rotatable bonds is 6. The molecule has 0 amide bonds. The maximum atomic E-state index is 8.70. The van der Waals surface area contributed by atoms with Crippen LogP contribution in [0.4, 0.5) is 5.69 Å². The molecule has 0 heterocycles. The van der Waals surface area contributed by atoms with Gasteiger partial charge in [0.25, 0.3) is 0 Å². The van der Waals surface area contributed by atoms with E-state index in [0.29, 0.717) is 0 Å². The zero-order chi connectivity index (χ0) is 14.5. The molecular formula is C14H22BrN3O. The molecule has 5 heteroatoms. The van der Waals surface area contributed by atoms with Crippen LogP contribution in [0.1, 0.15) is 32.3 Å². The highest BCUT2D eigenvalue weighted by atomic mass is 79.9. The van der Waals surface area contributed by atoms with Gasteiger partial charge in [-0.25, -0.2) is 0 Å². The Bertz CT molecular complexity index is 458. The van der Waals surface area contributed by atoms with Crippen LogP contribution in [-0.2, 0) is 0 Å². The smallest absolute Gasteiger partial charge is 0.144 e. The first-order valence-corrected chi connectivity index (χ1v) is 7.14. The van der Waals surface area contributed by atoms with Crippen LogP contribution >= 0.6 is 15.9 Å². The van der Waals surface area contributed by atoms with Crippen LogP contribution in [0.2, 0.25) is 0 Å². The van der Waals surface area contributed by atoms with Gasteiger partial charge in [0.05, 0.1) is 0 Å². The number of anilines is 1. The fourth-order valence-corrected chi connectivity index (χ4v) is 2.11. The first-order valence-electron chi connectivity index (χ1n) is 6.35. The molecule has 4 N–H and O–H groups in total. The summed E-state index contributed by atoms with van der Waals surface area (Å²) >= 11 is 3.52. The van der Waals surface area contributed by atoms with E-state index in [1.807, 2.05) is 13.8 Å². The van der Waals surface area contributed by atoms with E-state index in [2.05, 4.69) is 51.5 Å². The topological polar surface area (TPSA) is 70.6 Å². The van der Waals surface area contributed by atoms with E-state index in [1.165, 1.54) is 5.56 Å². The molecule has 4 nitrogen and oxygen atoms in total. The second kappa shape index (κ2) is 6.80. The molecule has 0 aliphatic heterocycles. The summed E-state index contributed by atoms with van der Waals surface area (Å²) in [6.45, 7) is 6.88. The maximum absolute atomic E-state index is 8.70. The standard InChI is InChI=1S/C14H22BrN3O/c1-10-5-6-11(9-12(10)15)17-8-4-7-14(2,3)13(16)18-19/h5-6,9,17,19H,4,7-8H2,1-3H3,(H2,16,18). The Morgan fingerprint density at radius 3 is 2.74 bits per heavy atom. The minimum Gasteiger partial charge on any atom is -0.409 e. The Kier molecular flexibility index (Phi) is 5.66. The van der Waals surface area contributed by atoms with Crippen LogP contribution in [0.25, 0.3) is 0 Å². The van der Waals surface area contributed by atoms with Crippen LogP contribution in [-0.4, -0.2) is 17.6 Å². The summed E-state index contributed by atoms with van der Waals surface area (Å²) in [7, 11) is 0. The van der Waals surface area contributed by atoms with Gasteiger partial charge < -0.3 is 16.3 Å². The lowest BCUT2D eigenvalue weighted by Gasteiger charge is -2.22. The van der Waals surface area contributed by atoms with Crippen molar-refractivity contribution in [3.05, 3.63) is 28.2 Å². The number of nitrogens with two attached hydrogens (primary N) is 1. The third-order valence-corrected chi connectivity index (χ3v) is 4.13. The van der Waals surface area contributed by atoms with Crippen molar-refractivity contribution in [1.29, 1.82) is 0 Å². The summed E-state index contributed by atoms with van der Waals surface area (Å²) in [6, 6.07) is 6.21. The van der Waals surface area contributed by atoms with Gasteiger partial charge in [-0.3, -0.25) is 0 Å². The lowest BCUT2D eigenvalue weighted by atomic mass is 9.86. The van der Waals surface area contributed by atoms with Crippen molar-refractivity contribution < 1.29 is 5.21 Å². The van der Waals surface area contributed by atoms with Crippen LogP contribution in [0.5, 0.6) is 0 Å². The normalized spacial score (nSPS) is 12.5. The van der Waals surface area contributed by atoms with Gasteiger partial charge in [0.15, 0.2) is 0 Å². The molecule has 1 rings (SSSR count). The molecular weight excluding hydrogens is 306 g/mol. The van der Waals surface area contributed by atoms with Crippen LogP contribution in [0.15, 0.2) is 27.8 Å². The second-order valence-electron chi connectivity index (χ2n) is 5.36. The van der Waals surface area contributed by atoms with Gasteiger partial charge in [-0.05, 0) is 37.5 Å². The zero-order valence-corrected chi connectivity index (χ0v) is 13.3. The SMILES string of the molecule is Cc1ccc(NCCCC(C)(C)C(N)=NO)cc1Br. The summed E-state index contributed by atoms with van der Waals surface area (Å²) in [5, 5.41) is 15.2. The fourth-order valence-electron chi connectivity index (χ4n) is 1.73. The highest BCUT2D eigenvalue weighted by Crippen LogP contribution is 2.23. The number of benzene rings is 1. The first-order chi connectivity index (χ1) is 8.86. The van der Waals surface area contributed by atoms with Crippen molar-refractivity contribution in [3.63, 3.8) is 0 Å². The van der Waals surface area contributed by atoms with E-state index >= 15 is 0 Å². The third-order valence-electron chi connectivity index (χ3n) is 3.28. The molecule has 0 spiro atoms. The van der Waals surface area contributed by atoms with Crippen molar-refractivity contribution in [2.75, 3.05) is 11.9 Å². The van der Waals surface area contributed by atoms with E-state index in [-0.39, 0.29) is 11.3 Å². The Hall–Kier alpha value is -1.23. The number of hydrogen-bond acceptors (Lipinski definition) is 3. The fraction of sp³-hybridized carbons (Fsp3) is 0.500. The Morgan fingerprint density at radius 1 is 1.47 bits per heavy atom. The predicted octanol–water partition coefficient (Wildman–Crippen LogP) is 3.72. The van der Waals surface area contributed by atoms with Crippen LogP contribution in [0, 0.1) is 12.3 Å². The average molecular weight is 328 g/mol. The molecule has 0 unspecified atom stereocenters. The second-order valence-corrected chi connectivity index (χ2v) is 6.22. The zero-order valence-electron chi connectivity index (χ0n) is 11.7. The number of aryl methyl sites for hydroxylation is 1. The Morgan fingerprint density at radius 2 is 2.16 bits per heavy atom. The number of halogens is 1. The molecule has 0 saturated carbocycles. The number of hydrogen-bond donors (Lipinski definition) is 3. The van der Waals surface area contributed by atoms with E-state index < -0.39 is 0 Å². The summed E-state index contributed by atoms with van der Waals surface area (Å²) in [6.07, 6.45) is 1.82. The van der Waals surface area contributed by atoms with Gasteiger partial charge in [0.2, 0.25) is 0 Å². The molecule has 0 saturated heterocycles. The molecule has 106 valence electrons. The number of amidine groups is 1. The molecule has 0 radical (unpaired) electrons. The minimum atomic E-state index is -0.274. The van der Waals surface area contributed by atoms with Crippen LogP contribution in [0.3, 0.4) is 0 Å². The average Bonchev–Trinajstić information content (AvgIpc) is 2.37. The maximum Gasteiger partial charge on any atom is 0.144 e. The molecule has 19 heavy (non-hydrogen) atoms. The van der Waals surface area contributed by atoms with Gasteiger partial charge in [-0.15, -0.1) is 0 Å². The van der Waals surface area contributed by atoms with E-state index in [1.54, 1.807) is 0 Å². The highest BCUT2D eigenvalue weighted by molar-refractivity contribution is 9.10. The van der Waals surface area contributed by atoms with Crippen molar-refractivity contribution >= 4 is 27.5 Å². The molecule has 0 aromatic heterocycles. The van der Waals surface area contributed by atoms with Gasteiger partial charge in [0.1, 0.15) is 5.84 Å². The van der Waals surface area contributed by atoms with Crippen LogP contribution < -0.4 is 11.1 Å². The van der Waals surface area contributed by atoms with Crippen molar-refractivity contribution in [2.24, 2.45) is 16.3 Å². The molecule has 1 aromatic rings. The summed E-state index contributed by atoms with van der Waals surface area (Å²) in [5.41, 5.74) is 7.70. The number of oxime groups is 1. The van der Waals surface area contributed by atoms with E-state index in [0.717, 1.165) is 29.5 Å².